The molecule has 1 aromatic carbocycles. The molecular weight excluding hydrogens is 446 g/mol. The summed E-state index contributed by atoms with van der Waals surface area (Å²) in [5, 5.41) is 0. The summed E-state index contributed by atoms with van der Waals surface area (Å²) >= 11 is 1.80. The molecule has 0 spiro atoms. The highest BCUT2D eigenvalue weighted by atomic mass is 32.2. The van der Waals surface area contributed by atoms with Crippen molar-refractivity contribution in [3.8, 4) is 16.3 Å². The molecule has 2 aromatic heterocycles. The Morgan fingerprint density at radius 2 is 1.75 bits per heavy atom. The largest absolute Gasteiger partial charge is 0.492 e. The van der Waals surface area contributed by atoms with Gasteiger partial charge in [-0.05, 0) is 62.7 Å². The van der Waals surface area contributed by atoms with Crippen LogP contribution in [0.4, 0.5) is 0 Å². The van der Waals surface area contributed by atoms with E-state index in [1.54, 1.807) is 11.3 Å². The molecule has 3 aromatic rings. The van der Waals surface area contributed by atoms with E-state index in [2.05, 4.69) is 42.7 Å². The van der Waals surface area contributed by atoms with Gasteiger partial charge in [0.05, 0.1) is 36.1 Å². The molecule has 1 atom stereocenters. The normalized spacial score (nSPS) is 12.8. The van der Waals surface area contributed by atoms with E-state index < -0.39 is 10.1 Å². The Hall–Kier alpha value is -2.13. The standard InChI is InChI=1S/C24H31NO5S2/c1-5-28-23(14-16-30-32(4,26)27)20-8-10-21(11-9-20)29-17-15-25-18(2)6-12-22(25)24-13-7-19(3)31-24/h6-13,23H,5,14-17H2,1-4H3. The smallest absolute Gasteiger partial charge is 0.264 e. The van der Waals surface area contributed by atoms with Gasteiger partial charge in [-0.2, -0.15) is 8.42 Å². The summed E-state index contributed by atoms with van der Waals surface area (Å²) in [6, 6.07) is 16.4. The lowest BCUT2D eigenvalue weighted by Crippen LogP contribution is -2.11. The van der Waals surface area contributed by atoms with Crippen molar-refractivity contribution < 1.29 is 22.1 Å². The maximum absolute atomic E-state index is 11.2. The molecule has 174 valence electrons. The number of ether oxygens (including phenoxy) is 2. The molecule has 8 heteroatoms. The van der Waals surface area contributed by atoms with Crippen molar-refractivity contribution in [2.75, 3.05) is 26.1 Å². The fourth-order valence-corrected chi connectivity index (χ4v) is 4.84. The first-order valence-electron chi connectivity index (χ1n) is 10.7. The van der Waals surface area contributed by atoms with E-state index in [1.807, 2.05) is 31.2 Å². The number of nitrogens with zero attached hydrogens (tertiary/aromatic N) is 1. The highest BCUT2D eigenvalue weighted by Gasteiger charge is 2.14. The van der Waals surface area contributed by atoms with Crippen LogP contribution in [0, 0.1) is 13.8 Å². The monoisotopic (exact) mass is 477 g/mol. The molecule has 0 aliphatic rings. The Kier molecular flexibility index (Phi) is 8.53. The van der Waals surface area contributed by atoms with Crippen LogP contribution in [0.25, 0.3) is 10.6 Å². The number of hydrogen-bond acceptors (Lipinski definition) is 6. The van der Waals surface area contributed by atoms with Crippen LogP contribution in [0.1, 0.15) is 35.6 Å². The number of aryl methyl sites for hydroxylation is 2. The lowest BCUT2D eigenvalue weighted by molar-refractivity contribution is 0.0466. The number of thiophene rings is 1. The molecule has 0 fully saturated rings. The Bertz CT molecular complexity index is 1100. The van der Waals surface area contributed by atoms with Crippen LogP contribution in [-0.4, -0.2) is 39.1 Å². The van der Waals surface area contributed by atoms with Crippen LogP contribution in [0.5, 0.6) is 5.75 Å². The third kappa shape index (κ3) is 6.93. The Labute approximate surface area is 194 Å². The second-order valence-corrected chi connectivity index (χ2v) is 10.5. The summed E-state index contributed by atoms with van der Waals surface area (Å²) in [6.07, 6.45) is 1.28. The molecule has 0 bridgehead atoms. The molecule has 32 heavy (non-hydrogen) atoms. The quantitative estimate of drug-likeness (QED) is 0.329. The second-order valence-electron chi connectivity index (χ2n) is 7.60. The molecule has 3 rings (SSSR count). The van der Waals surface area contributed by atoms with E-state index in [0.29, 0.717) is 19.6 Å². The summed E-state index contributed by atoms with van der Waals surface area (Å²) in [5.41, 5.74) is 3.39. The van der Waals surface area contributed by atoms with Gasteiger partial charge in [-0.25, -0.2) is 0 Å². The van der Waals surface area contributed by atoms with Crippen molar-refractivity contribution in [2.45, 2.75) is 39.8 Å². The van der Waals surface area contributed by atoms with Gasteiger partial charge in [0.1, 0.15) is 12.4 Å². The highest BCUT2D eigenvalue weighted by Crippen LogP contribution is 2.29. The Morgan fingerprint density at radius 3 is 2.38 bits per heavy atom. The van der Waals surface area contributed by atoms with Gasteiger partial charge in [-0.15, -0.1) is 11.3 Å². The lowest BCUT2D eigenvalue weighted by Gasteiger charge is -2.18. The van der Waals surface area contributed by atoms with Gasteiger partial charge in [-0.3, -0.25) is 4.18 Å². The topological polar surface area (TPSA) is 66.8 Å². The molecule has 0 aliphatic heterocycles. The molecule has 0 amide bonds. The average molecular weight is 478 g/mol. The summed E-state index contributed by atoms with van der Waals surface area (Å²) in [6.45, 7) is 8.09. The lowest BCUT2D eigenvalue weighted by atomic mass is 10.1. The van der Waals surface area contributed by atoms with Crippen LogP contribution in [-0.2, 0) is 25.6 Å². The zero-order chi connectivity index (χ0) is 23.1. The third-order valence-electron chi connectivity index (χ3n) is 5.07. The highest BCUT2D eigenvalue weighted by molar-refractivity contribution is 7.85. The van der Waals surface area contributed by atoms with E-state index in [0.717, 1.165) is 24.1 Å². The van der Waals surface area contributed by atoms with E-state index in [1.165, 1.54) is 21.1 Å². The Balaban J connectivity index is 1.57. The van der Waals surface area contributed by atoms with Gasteiger partial charge >= 0.3 is 0 Å². The number of rotatable bonds is 12. The van der Waals surface area contributed by atoms with E-state index in [9.17, 15) is 8.42 Å². The average Bonchev–Trinajstić information content (AvgIpc) is 3.33. The maximum atomic E-state index is 11.2. The fraction of sp³-hybridized carbons (Fsp3) is 0.417. The van der Waals surface area contributed by atoms with Crippen molar-refractivity contribution >= 4 is 21.5 Å². The van der Waals surface area contributed by atoms with Crippen molar-refractivity contribution in [1.82, 2.24) is 4.57 Å². The summed E-state index contributed by atoms with van der Waals surface area (Å²) in [7, 11) is -3.45. The summed E-state index contributed by atoms with van der Waals surface area (Å²) in [5.74, 6) is 0.787. The minimum atomic E-state index is -3.45. The predicted molar refractivity (Wildman–Crippen MR) is 129 cm³/mol. The molecule has 6 nitrogen and oxygen atoms in total. The van der Waals surface area contributed by atoms with Gasteiger partial charge in [-0.1, -0.05) is 12.1 Å². The van der Waals surface area contributed by atoms with Gasteiger partial charge in [0.15, 0.2) is 0 Å². The number of hydrogen-bond donors (Lipinski definition) is 0. The van der Waals surface area contributed by atoms with Gasteiger partial charge < -0.3 is 14.0 Å². The van der Waals surface area contributed by atoms with E-state index in [-0.39, 0.29) is 12.7 Å². The molecule has 0 radical (unpaired) electrons. The minimum Gasteiger partial charge on any atom is -0.492 e. The molecule has 0 saturated carbocycles. The van der Waals surface area contributed by atoms with Crippen LogP contribution < -0.4 is 4.74 Å². The molecule has 0 saturated heterocycles. The fourth-order valence-electron chi connectivity index (χ4n) is 3.54. The van der Waals surface area contributed by atoms with Crippen molar-refractivity contribution in [3.05, 3.63) is 64.7 Å². The number of benzene rings is 1. The zero-order valence-electron chi connectivity index (χ0n) is 19.0. The Morgan fingerprint density at radius 1 is 1.00 bits per heavy atom. The first kappa shape index (κ1) is 24.5. The summed E-state index contributed by atoms with van der Waals surface area (Å²) < 4.78 is 41.3. The molecule has 2 heterocycles. The van der Waals surface area contributed by atoms with Crippen molar-refractivity contribution in [1.29, 1.82) is 0 Å². The SMILES string of the molecule is CCOC(CCOS(C)(=O)=O)c1ccc(OCCn2c(C)ccc2-c2ccc(C)s2)cc1. The summed E-state index contributed by atoms with van der Waals surface area (Å²) in [4.78, 5) is 2.57. The number of aromatic nitrogens is 1. The van der Waals surface area contributed by atoms with E-state index in [4.69, 9.17) is 13.7 Å². The van der Waals surface area contributed by atoms with Crippen LogP contribution in [0.3, 0.4) is 0 Å². The molecule has 0 N–H and O–H groups in total. The predicted octanol–water partition coefficient (Wildman–Crippen LogP) is 5.36. The second kappa shape index (κ2) is 11.1. The van der Waals surface area contributed by atoms with Gasteiger partial charge in [0.25, 0.3) is 10.1 Å². The van der Waals surface area contributed by atoms with Crippen molar-refractivity contribution in [2.24, 2.45) is 0 Å². The molecular formula is C24H31NO5S2. The van der Waals surface area contributed by atoms with Crippen LogP contribution >= 0.6 is 11.3 Å². The first-order chi connectivity index (χ1) is 15.3. The molecule has 1 unspecified atom stereocenters. The van der Waals surface area contributed by atoms with Gasteiger partial charge in [0.2, 0.25) is 0 Å². The van der Waals surface area contributed by atoms with Gasteiger partial charge in [0, 0.05) is 23.6 Å². The van der Waals surface area contributed by atoms with Crippen LogP contribution in [0.15, 0.2) is 48.5 Å². The first-order valence-corrected chi connectivity index (χ1v) is 13.3. The van der Waals surface area contributed by atoms with Crippen LogP contribution in [0.2, 0.25) is 0 Å². The minimum absolute atomic E-state index is 0.0874. The van der Waals surface area contributed by atoms with Crippen molar-refractivity contribution in [3.63, 3.8) is 0 Å². The third-order valence-corrected chi connectivity index (χ3v) is 6.69. The zero-order valence-corrected chi connectivity index (χ0v) is 20.7. The maximum Gasteiger partial charge on any atom is 0.264 e. The molecule has 0 aliphatic carbocycles. The van der Waals surface area contributed by atoms with E-state index >= 15 is 0 Å².